The van der Waals surface area contributed by atoms with Gasteiger partial charge in [0.25, 0.3) is 11.8 Å². The molecule has 2 aromatic rings. The summed E-state index contributed by atoms with van der Waals surface area (Å²) in [6.07, 6.45) is 1.37. The molecule has 7 heteroatoms. The Labute approximate surface area is 142 Å². The minimum Gasteiger partial charge on any atom is -0.457 e. The molecule has 23 heavy (non-hydrogen) atoms. The Bertz CT molecular complexity index is 848. The van der Waals surface area contributed by atoms with E-state index < -0.39 is 11.8 Å². The first kappa shape index (κ1) is 15.5. The van der Waals surface area contributed by atoms with Crippen LogP contribution in [0.4, 0.5) is 0 Å². The number of amides is 2. The lowest BCUT2D eigenvalue weighted by atomic mass is 10.1. The molecule has 0 spiro atoms. The number of carbonyl (C=O) groups is 2. The molecule has 1 aromatic carbocycles. The fourth-order valence-corrected chi connectivity index (χ4v) is 2.54. The van der Waals surface area contributed by atoms with Crippen LogP contribution in [0.3, 0.4) is 0 Å². The number of hydrogen-bond donors (Lipinski definition) is 2. The summed E-state index contributed by atoms with van der Waals surface area (Å²) < 4.78 is 5.70. The van der Waals surface area contributed by atoms with Crippen LogP contribution >= 0.6 is 23.8 Å². The van der Waals surface area contributed by atoms with Crippen molar-refractivity contribution >= 4 is 46.8 Å². The highest BCUT2D eigenvalue weighted by Gasteiger charge is 2.26. The lowest BCUT2D eigenvalue weighted by Crippen LogP contribution is -2.51. The molecule has 3 rings (SSSR count). The summed E-state index contributed by atoms with van der Waals surface area (Å²) in [7, 11) is 0. The fourth-order valence-electron chi connectivity index (χ4n) is 2.18. The Morgan fingerprint density at radius 3 is 2.52 bits per heavy atom. The highest BCUT2D eigenvalue weighted by molar-refractivity contribution is 7.80. The number of carbonyl (C=O) groups excluding carboxylic acids is 2. The van der Waals surface area contributed by atoms with Crippen molar-refractivity contribution < 1.29 is 14.0 Å². The van der Waals surface area contributed by atoms with Crippen LogP contribution in [0, 0.1) is 6.92 Å². The average Bonchev–Trinajstić information content (AvgIpc) is 2.94. The number of halogens is 1. The molecule has 0 unspecified atom stereocenters. The lowest BCUT2D eigenvalue weighted by Gasteiger charge is -2.15. The van der Waals surface area contributed by atoms with Gasteiger partial charge in [0.15, 0.2) is 5.11 Å². The van der Waals surface area contributed by atoms with Crippen LogP contribution in [0.15, 0.2) is 40.3 Å². The van der Waals surface area contributed by atoms with Gasteiger partial charge in [0.1, 0.15) is 17.1 Å². The Morgan fingerprint density at radius 2 is 1.83 bits per heavy atom. The van der Waals surface area contributed by atoms with Crippen LogP contribution in [-0.2, 0) is 9.59 Å². The molecule has 1 fully saturated rings. The molecule has 2 N–H and O–H groups in total. The Balaban J connectivity index is 1.95. The topological polar surface area (TPSA) is 71.3 Å². The fraction of sp³-hybridized carbons (Fsp3) is 0.0625. The zero-order valence-electron chi connectivity index (χ0n) is 12.0. The average molecular weight is 347 g/mol. The highest BCUT2D eigenvalue weighted by atomic mass is 35.5. The quantitative estimate of drug-likeness (QED) is 0.498. The molecule has 1 aliphatic rings. The van der Waals surface area contributed by atoms with E-state index in [2.05, 4.69) is 10.6 Å². The highest BCUT2D eigenvalue weighted by Crippen LogP contribution is 2.29. The summed E-state index contributed by atoms with van der Waals surface area (Å²) in [5.41, 5.74) is 1.78. The van der Waals surface area contributed by atoms with E-state index >= 15 is 0 Å². The molecule has 0 atom stereocenters. The van der Waals surface area contributed by atoms with Gasteiger partial charge in [0.2, 0.25) is 0 Å². The predicted molar refractivity (Wildman–Crippen MR) is 90.8 cm³/mol. The number of benzene rings is 1. The van der Waals surface area contributed by atoms with Crippen LogP contribution in [0.1, 0.15) is 11.3 Å². The number of hydrogen-bond acceptors (Lipinski definition) is 4. The zero-order chi connectivity index (χ0) is 16.6. The van der Waals surface area contributed by atoms with Gasteiger partial charge in [-0.25, -0.2) is 0 Å². The van der Waals surface area contributed by atoms with E-state index in [9.17, 15) is 9.59 Å². The number of nitrogens with one attached hydrogen (secondary N) is 2. The summed E-state index contributed by atoms with van der Waals surface area (Å²) in [5.74, 6) is -0.136. The summed E-state index contributed by atoms with van der Waals surface area (Å²) in [6.45, 7) is 1.94. The predicted octanol–water partition coefficient (Wildman–Crippen LogP) is 2.82. The van der Waals surface area contributed by atoms with Crippen LogP contribution in [0.5, 0.6) is 0 Å². The number of rotatable bonds is 2. The lowest BCUT2D eigenvalue weighted by molar-refractivity contribution is -0.123. The van der Waals surface area contributed by atoms with E-state index in [0.29, 0.717) is 16.5 Å². The summed E-state index contributed by atoms with van der Waals surface area (Å²) in [5, 5.41) is 5.33. The van der Waals surface area contributed by atoms with E-state index in [-0.39, 0.29) is 10.7 Å². The molecule has 1 saturated heterocycles. The molecule has 1 aromatic heterocycles. The van der Waals surface area contributed by atoms with Crippen molar-refractivity contribution in [1.82, 2.24) is 10.6 Å². The maximum atomic E-state index is 11.8. The summed E-state index contributed by atoms with van der Waals surface area (Å²) >= 11 is 10.8. The first-order chi connectivity index (χ1) is 10.9. The second-order valence-corrected chi connectivity index (χ2v) is 5.80. The second kappa shape index (κ2) is 5.98. The Kier molecular flexibility index (Phi) is 4.02. The van der Waals surface area contributed by atoms with Crippen LogP contribution < -0.4 is 10.6 Å². The van der Waals surface area contributed by atoms with Crippen LogP contribution in [0.25, 0.3) is 17.4 Å². The van der Waals surface area contributed by atoms with Crippen molar-refractivity contribution in [2.75, 3.05) is 0 Å². The van der Waals surface area contributed by atoms with Crippen molar-refractivity contribution in [1.29, 1.82) is 0 Å². The van der Waals surface area contributed by atoms with Gasteiger partial charge < -0.3 is 4.42 Å². The van der Waals surface area contributed by atoms with Gasteiger partial charge in [0, 0.05) is 10.6 Å². The van der Waals surface area contributed by atoms with E-state index in [1.165, 1.54) is 6.08 Å². The molecular formula is C16H11ClN2O3S. The molecule has 2 amide bonds. The van der Waals surface area contributed by atoms with E-state index in [0.717, 1.165) is 11.1 Å². The van der Waals surface area contributed by atoms with Gasteiger partial charge in [-0.2, -0.15) is 0 Å². The van der Waals surface area contributed by atoms with Crippen molar-refractivity contribution in [3.63, 3.8) is 0 Å². The zero-order valence-corrected chi connectivity index (χ0v) is 13.5. The van der Waals surface area contributed by atoms with Crippen molar-refractivity contribution in [2.45, 2.75) is 6.92 Å². The molecule has 0 bridgehead atoms. The van der Waals surface area contributed by atoms with E-state index in [1.54, 1.807) is 24.3 Å². The number of thiocarbonyl (C=S) groups is 1. The third-order valence-electron chi connectivity index (χ3n) is 3.32. The van der Waals surface area contributed by atoms with Gasteiger partial charge in [-0.15, -0.1) is 0 Å². The SMILES string of the molecule is Cc1ccc(Cl)cc1-c1ccc(C=C2C(=O)NC(=S)NC2=O)o1. The summed E-state index contributed by atoms with van der Waals surface area (Å²) in [4.78, 5) is 23.6. The van der Waals surface area contributed by atoms with Crippen LogP contribution in [-0.4, -0.2) is 16.9 Å². The minimum absolute atomic E-state index is 0.00756. The monoisotopic (exact) mass is 346 g/mol. The Morgan fingerprint density at radius 1 is 1.13 bits per heavy atom. The molecule has 5 nitrogen and oxygen atoms in total. The molecule has 2 heterocycles. The third-order valence-corrected chi connectivity index (χ3v) is 3.76. The maximum absolute atomic E-state index is 11.8. The van der Waals surface area contributed by atoms with Crippen molar-refractivity contribution in [3.8, 4) is 11.3 Å². The molecular weight excluding hydrogens is 336 g/mol. The molecule has 0 aliphatic carbocycles. The largest absolute Gasteiger partial charge is 0.457 e. The van der Waals surface area contributed by atoms with Gasteiger partial charge >= 0.3 is 0 Å². The standard InChI is InChI=1S/C16H11ClN2O3S/c1-8-2-3-9(17)6-11(8)13-5-4-10(22-13)7-12-14(20)18-16(23)19-15(12)21/h2-7H,1H3,(H2,18,19,20,21,23). The van der Waals surface area contributed by atoms with Crippen molar-refractivity contribution in [2.24, 2.45) is 0 Å². The van der Waals surface area contributed by atoms with Gasteiger partial charge in [-0.1, -0.05) is 17.7 Å². The molecule has 0 saturated carbocycles. The van der Waals surface area contributed by atoms with E-state index in [4.69, 9.17) is 28.2 Å². The molecule has 0 radical (unpaired) electrons. The Hall–Kier alpha value is -2.44. The smallest absolute Gasteiger partial charge is 0.263 e. The number of aryl methyl sites for hydroxylation is 1. The van der Waals surface area contributed by atoms with Gasteiger partial charge in [-0.05, 0) is 55.0 Å². The molecule has 1 aliphatic heterocycles. The van der Waals surface area contributed by atoms with Gasteiger partial charge in [-0.3, -0.25) is 20.2 Å². The maximum Gasteiger partial charge on any atom is 0.263 e. The van der Waals surface area contributed by atoms with Crippen LogP contribution in [0.2, 0.25) is 5.02 Å². The van der Waals surface area contributed by atoms with Crippen molar-refractivity contribution in [3.05, 3.63) is 52.3 Å². The van der Waals surface area contributed by atoms with E-state index in [1.807, 2.05) is 13.0 Å². The molecule has 116 valence electrons. The van der Waals surface area contributed by atoms with Gasteiger partial charge in [0.05, 0.1) is 0 Å². The summed E-state index contributed by atoms with van der Waals surface area (Å²) in [6, 6.07) is 8.92. The first-order valence-corrected chi connectivity index (χ1v) is 7.47. The second-order valence-electron chi connectivity index (χ2n) is 4.96. The minimum atomic E-state index is -0.560. The normalized spacial score (nSPS) is 14.5. The third kappa shape index (κ3) is 3.18. The number of furan rings is 1. The first-order valence-electron chi connectivity index (χ1n) is 6.69.